The molecule has 0 aliphatic heterocycles. The molecule has 0 radical (unpaired) electrons. The van der Waals surface area contributed by atoms with E-state index >= 15 is 0 Å². The maximum atomic E-state index is 9.57. The van der Waals surface area contributed by atoms with Gasteiger partial charge in [-0.15, -0.1) is 11.3 Å². The number of aliphatic hydroxyl groups excluding tert-OH is 1. The van der Waals surface area contributed by atoms with Gasteiger partial charge in [-0.2, -0.15) is 0 Å². The van der Waals surface area contributed by atoms with Crippen molar-refractivity contribution >= 4 is 22.9 Å². The summed E-state index contributed by atoms with van der Waals surface area (Å²) in [4.78, 5) is 0.688. The summed E-state index contributed by atoms with van der Waals surface area (Å²) in [5.41, 5.74) is -1.12. The summed E-state index contributed by atoms with van der Waals surface area (Å²) < 4.78 is 0.619. The molecular weight excluding hydrogens is 196 g/mol. The summed E-state index contributed by atoms with van der Waals surface area (Å²) in [6.07, 6.45) is -0.866. The second-order valence-electron chi connectivity index (χ2n) is 3.20. The van der Waals surface area contributed by atoms with E-state index in [2.05, 4.69) is 0 Å². The van der Waals surface area contributed by atoms with E-state index in [1.165, 1.54) is 11.3 Å². The van der Waals surface area contributed by atoms with Gasteiger partial charge in [0, 0.05) is 4.88 Å². The number of halogens is 1. The molecular formula is C8H11ClO2S. The molecule has 1 unspecified atom stereocenters. The molecule has 1 atom stereocenters. The molecule has 1 aromatic heterocycles. The standard InChI is InChI=1S/C8H11ClO2S/c1-8(2,11)7(10)5-3-4-6(9)12-5/h3-4,7,10-11H,1-2H3. The Labute approximate surface area is 80.4 Å². The van der Waals surface area contributed by atoms with Crippen molar-refractivity contribution in [2.24, 2.45) is 0 Å². The van der Waals surface area contributed by atoms with Crippen molar-refractivity contribution < 1.29 is 10.2 Å². The van der Waals surface area contributed by atoms with Crippen LogP contribution in [0.2, 0.25) is 4.34 Å². The van der Waals surface area contributed by atoms with Crippen molar-refractivity contribution in [1.29, 1.82) is 0 Å². The molecule has 0 aliphatic carbocycles. The first-order valence-electron chi connectivity index (χ1n) is 3.57. The van der Waals surface area contributed by atoms with E-state index < -0.39 is 11.7 Å². The third-order valence-electron chi connectivity index (χ3n) is 1.53. The quantitative estimate of drug-likeness (QED) is 0.779. The van der Waals surface area contributed by atoms with Gasteiger partial charge in [0.05, 0.1) is 9.94 Å². The molecule has 2 N–H and O–H groups in total. The molecule has 0 bridgehead atoms. The predicted octanol–water partition coefficient (Wildman–Crippen LogP) is 2.21. The van der Waals surface area contributed by atoms with Crippen LogP contribution in [0.1, 0.15) is 24.8 Å². The minimum Gasteiger partial charge on any atom is -0.387 e. The Hall–Kier alpha value is -0.0900. The Morgan fingerprint density at radius 1 is 1.50 bits per heavy atom. The van der Waals surface area contributed by atoms with Crippen molar-refractivity contribution in [3.63, 3.8) is 0 Å². The van der Waals surface area contributed by atoms with E-state index in [0.717, 1.165) is 0 Å². The Kier molecular flexibility index (Phi) is 2.78. The number of hydrogen-bond donors (Lipinski definition) is 2. The minimum atomic E-state index is -1.12. The van der Waals surface area contributed by atoms with Crippen LogP contribution in [0.4, 0.5) is 0 Å². The largest absolute Gasteiger partial charge is 0.387 e. The van der Waals surface area contributed by atoms with E-state index in [9.17, 15) is 10.2 Å². The van der Waals surface area contributed by atoms with Crippen molar-refractivity contribution in [2.45, 2.75) is 25.6 Å². The molecule has 0 amide bonds. The zero-order valence-corrected chi connectivity index (χ0v) is 8.49. The highest BCUT2D eigenvalue weighted by atomic mass is 35.5. The first kappa shape index (κ1) is 9.99. The van der Waals surface area contributed by atoms with Crippen molar-refractivity contribution in [1.82, 2.24) is 0 Å². The van der Waals surface area contributed by atoms with Gasteiger partial charge < -0.3 is 10.2 Å². The van der Waals surface area contributed by atoms with Crippen LogP contribution in [0.25, 0.3) is 0 Å². The minimum absolute atomic E-state index is 0.619. The second kappa shape index (κ2) is 3.34. The smallest absolute Gasteiger partial charge is 0.116 e. The number of rotatable bonds is 2. The van der Waals surface area contributed by atoms with Crippen molar-refractivity contribution in [3.05, 3.63) is 21.3 Å². The fourth-order valence-electron chi connectivity index (χ4n) is 0.823. The van der Waals surface area contributed by atoms with Gasteiger partial charge >= 0.3 is 0 Å². The molecule has 4 heteroatoms. The van der Waals surface area contributed by atoms with Crippen LogP contribution in [0.5, 0.6) is 0 Å². The van der Waals surface area contributed by atoms with Crippen LogP contribution in [0.3, 0.4) is 0 Å². The van der Waals surface area contributed by atoms with Gasteiger partial charge in [0.1, 0.15) is 6.10 Å². The van der Waals surface area contributed by atoms with Crippen LogP contribution in [-0.2, 0) is 0 Å². The summed E-state index contributed by atoms with van der Waals surface area (Å²) in [5.74, 6) is 0. The Morgan fingerprint density at radius 3 is 2.42 bits per heavy atom. The van der Waals surface area contributed by atoms with E-state index in [0.29, 0.717) is 9.21 Å². The zero-order valence-electron chi connectivity index (χ0n) is 6.91. The second-order valence-corrected chi connectivity index (χ2v) is 4.94. The van der Waals surface area contributed by atoms with Gasteiger partial charge in [-0.1, -0.05) is 11.6 Å². The molecule has 0 spiro atoms. The number of thiophene rings is 1. The van der Waals surface area contributed by atoms with E-state index in [1.54, 1.807) is 26.0 Å². The molecule has 1 aromatic rings. The fourth-order valence-corrected chi connectivity index (χ4v) is 2.05. The van der Waals surface area contributed by atoms with Crippen LogP contribution >= 0.6 is 22.9 Å². The lowest BCUT2D eigenvalue weighted by Gasteiger charge is -2.23. The van der Waals surface area contributed by atoms with Crippen LogP contribution in [0.15, 0.2) is 12.1 Å². The average molecular weight is 207 g/mol. The first-order chi connectivity index (χ1) is 5.41. The highest BCUT2D eigenvalue weighted by Gasteiger charge is 2.27. The van der Waals surface area contributed by atoms with E-state index in [4.69, 9.17) is 11.6 Å². The summed E-state index contributed by atoms with van der Waals surface area (Å²) in [6.45, 7) is 3.12. The zero-order chi connectivity index (χ0) is 9.35. The Morgan fingerprint density at radius 2 is 2.08 bits per heavy atom. The van der Waals surface area contributed by atoms with Crippen LogP contribution in [-0.4, -0.2) is 15.8 Å². The Balaban J connectivity index is 2.85. The monoisotopic (exact) mass is 206 g/mol. The van der Waals surface area contributed by atoms with Crippen molar-refractivity contribution in [3.8, 4) is 0 Å². The predicted molar refractivity (Wildman–Crippen MR) is 50.6 cm³/mol. The lowest BCUT2D eigenvalue weighted by atomic mass is 10.0. The SMILES string of the molecule is CC(C)(O)C(O)c1ccc(Cl)s1. The first-order valence-corrected chi connectivity index (χ1v) is 4.76. The molecule has 0 saturated carbocycles. The average Bonchev–Trinajstić information content (AvgIpc) is 2.32. The highest BCUT2D eigenvalue weighted by molar-refractivity contribution is 7.16. The van der Waals surface area contributed by atoms with Gasteiger partial charge in [-0.05, 0) is 26.0 Å². The summed E-state index contributed by atoms with van der Waals surface area (Å²) in [6, 6.07) is 3.42. The molecule has 0 saturated heterocycles. The van der Waals surface area contributed by atoms with Crippen LogP contribution < -0.4 is 0 Å². The normalized spacial score (nSPS) is 14.8. The summed E-state index contributed by atoms with van der Waals surface area (Å²) >= 11 is 6.96. The van der Waals surface area contributed by atoms with Gasteiger partial charge in [0.2, 0.25) is 0 Å². The van der Waals surface area contributed by atoms with Gasteiger partial charge in [-0.25, -0.2) is 0 Å². The van der Waals surface area contributed by atoms with E-state index in [-0.39, 0.29) is 0 Å². The van der Waals surface area contributed by atoms with Gasteiger partial charge in [-0.3, -0.25) is 0 Å². The topological polar surface area (TPSA) is 40.5 Å². The molecule has 0 aliphatic rings. The number of hydrogen-bond acceptors (Lipinski definition) is 3. The lowest BCUT2D eigenvalue weighted by Crippen LogP contribution is -2.27. The molecule has 1 rings (SSSR count). The third-order valence-corrected chi connectivity index (χ3v) is 2.82. The fraction of sp³-hybridized carbons (Fsp3) is 0.500. The third kappa shape index (κ3) is 2.20. The Bertz CT molecular complexity index is 264. The van der Waals surface area contributed by atoms with E-state index in [1.807, 2.05) is 0 Å². The van der Waals surface area contributed by atoms with Gasteiger partial charge in [0.25, 0.3) is 0 Å². The van der Waals surface area contributed by atoms with Gasteiger partial charge in [0.15, 0.2) is 0 Å². The maximum Gasteiger partial charge on any atom is 0.116 e. The molecule has 0 fully saturated rings. The molecule has 0 aromatic carbocycles. The number of aliphatic hydroxyl groups is 2. The lowest BCUT2D eigenvalue weighted by molar-refractivity contribution is -0.0478. The maximum absolute atomic E-state index is 9.57. The molecule has 2 nitrogen and oxygen atoms in total. The van der Waals surface area contributed by atoms with Crippen molar-refractivity contribution in [2.75, 3.05) is 0 Å². The highest BCUT2D eigenvalue weighted by Crippen LogP contribution is 2.32. The van der Waals surface area contributed by atoms with Crippen LogP contribution in [0, 0.1) is 0 Å². The molecule has 68 valence electrons. The summed E-state index contributed by atoms with van der Waals surface area (Å²) in [7, 11) is 0. The summed E-state index contributed by atoms with van der Waals surface area (Å²) in [5, 5.41) is 19.0. The molecule has 1 heterocycles. The molecule has 12 heavy (non-hydrogen) atoms.